The van der Waals surface area contributed by atoms with E-state index in [0.29, 0.717) is 24.9 Å². The second-order valence-electron chi connectivity index (χ2n) is 11.3. The zero-order valence-corrected chi connectivity index (χ0v) is 21.1. The smallest absolute Gasteiger partial charge is 0.303 e. The van der Waals surface area contributed by atoms with E-state index >= 15 is 0 Å². The number of nitrogens with one attached hydrogen (secondary N) is 2. The number of aryl methyl sites for hydroxylation is 1. The van der Waals surface area contributed by atoms with Crippen molar-refractivity contribution in [3.8, 4) is 0 Å². The Balaban J connectivity index is 1.14. The van der Waals surface area contributed by atoms with Crippen molar-refractivity contribution in [2.75, 3.05) is 19.6 Å². The summed E-state index contributed by atoms with van der Waals surface area (Å²) in [4.78, 5) is 2.17. The van der Waals surface area contributed by atoms with Gasteiger partial charge in [0.15, 0.2) is 0 Å². The maximum Gasteiger partial charge on any atom is 0.391 e. The Labute approximate surface area is 207 Å². The predicted molar refractivity (Wildman–Crippen MR) is 130 cm³/mol. The molecule has 5 nitrogen and oxygen atoms in total. The van der Waals surface area contributed by atoms with Gasteiger partial charge in [-0.2, -0.15) is 31.0 Å². The first kappa shape index (κ1) is 25.5. The molecule has 0 spiro atoms. The van der Waals surface area contributed by atoms with E-state index in [-0.39, 0.29) is 24.9 Å². The van der Waals surface area contributed by atoms with Crippen molar-refractivity contribution < 1.29 is 21.6 Å². The minimum atomic E-state index is -4.06. The number of piperidine rings is 1. The van der Waals surface area contributed by atoms with Crippen molar-refractivity contribution in [3.63, 3.8) is 0 Å². The highest BCUT2D eigenvalue weighted by Crippen LogP contribution is 2.41. The molecule has 0 radical (unpaired) electrons. The summed E-state index contributed by atoms with van der Waals surface area (Å²) in [6.45, 7) is 1.90. The molecule has 2 N–H and O–H groups in total. The standard InChI is InChI=1S/C26H38F3N3O2S/c27-26(28,29)23-10-13-32(14-11-23)12-2-3-18-6-7-19-16-20-8-9-21(17-22(19)15-18)25(20)31-35(33,34)30-24-4-1-5-24/h6-7,15,20-21,23-25,30-31H,1-5,8-14,16-17H2. The summed E-state index contributed by atoms with van der Waals surface area (Å²) < 4.78 is 69.9. The Kier molecular flexibility index (Phi) is 7.50. The highest BCUT2D eigenvalue weighted by atomic mass is 32.2. The SMILES string of the molecule is O=S(=O)(NC1CCC1)NC1C2CCC1Cc1cc(CCCN3CCC(C(F)(F)F)CC3)ccc1C2. The molecule has 0 aromatic heterocycles. The van der Waals surface area contributed by atoms with Gasteiger partial charge in [0.05, 0.1) is 5.92 Å². The summed E-state index contributed by atoms with van der Waals surface area (Å²) in [5.74, 6) is -0.477. The van der Waals surface area contributed by atoms with Gasteiger partial charge in [0, 0.05) is 12.1 Å². The quantitative estimate of drug-likeness (QED) is 0.543. The highest BCUT2D eigenvalue weighted by Gasteiger charge is 2.42. The Morgan fingerprint density at radius 2 is 1.60 bits per heavy atom. The number of halogens is 3. The van der Waals surface area contributed by atoms with E-state index in [4.69, 9.17) is 0 Å². The molecule has 35 heavy (non-hydrogen) atoms. The molecule has 3 fully saturated rings. The number of benzene rings is 1. The Morgan fingerprint density at radius 3 is 2.23 bits per heavy atom. The largest absolute Gasteiger partial charge is 0.391 e. The van der Waals surface area contributed by atoms with Crippen LogP contribution < -0.4 is 9.44 Å². The number of rotatable bonds is 8. The molecule has 2 saturated carbocycles. The fourth-order valence-corrected chi connectivity index (χ4v) is 8.05. The maximum absolute atomic E-state index is 12.9. The molecule has 1 aliphatic heterocycles. The molecular weight excluding hydrogens is 475 g/mol. The second-order valence-corrected chi connectivity index (χ2v) is 12.7. The van der Waals surface area contributed by atoms with Gasteiger partial charge < -0.3 is 4.90 Å². The van der Waals surface area contributed by atoms with Crippen molar-refractivity contribution in [2.24, 2.45) is 17.8 Å². The lowest BCUT2D eigenvalue weighted by Crippen LogP contribution is -2.51. The van der Waals surface area contributed by atoms with Gasteiger partial charge in [-0.25, -0.2) is 0 Å². The average molecular weight is 514 g/mol. The molecule has 1 aromatic rings. The third-order valence-corrected chi connectivity index (χ3v) is 10.1. The maximum atomic E-state index is 12.9. The van der Waals surface area contributed by atoms with Crippen molar-refractivity contribution in [1.82, 2.24) is 14.3 Å². The molecule has 3 atom stereocenters. The fourth-order valence-electron chi connectivity index (χ4n) is 6.56. The van der Waals surface area contributed by atoms with Gasteiger partial charge in [0.2, 0.25) is 0 Å². The van der Waals surface area contributed by atoms with E-state index in [2.05, 4.69) is 32.5 Å². The van der Waals surface area contributed by atoms with Crippen LogP contribution in [0.2, 0.25) is 0 Å². The molecule has 5 rings (SSSR count). The number of hydrogen-bond acceptors (Lipinski definition) is 3. The predicted octanol–water partition coefficient (Wildman–Crippen LogP) is 4.36. The molecule has 1 aromatic carbocycles. The zero-order chi connectivity index (χ0) is 24.6. The van der Waals surface area contributed by atoms with E-state index in [1.54, 1.807) is 0 Å². The molecule has 2 bridgehead atoms. The van der Waals surface area contributed by atoms with Crippen LogP contribution in [0.15, 0.2) is 18.2 Å². The van der Waals surface area contributed by atoms with E-state index < -0.39 is 22.3 Å². The van der Waals surface area contributed by atoms with Gasteiger partial charge in [-0.3, -0.25) is 0 Å². The van der Waals surface area contributed by atoms with E-state index in [1.807, 2.05) is 0 Å². The second kappa shape index (κ2) is 10.3. The summed E-state index contributed by atoms with van der Waals surface area (Å²) in [6.07, 6.45) is 5.12. The van der Waals surface area contributed by atoms with Crippen LogP contribution in [0.25, 0.3) is 0 Å². The molecule has 0 amide bonds. The van der Waals surface area contributed by atoms with Crippen LogP contribution in [0.5, 0.6) is 0 Å². The summed E-state index contributed by atoms with van der Waals surface area (Å²) in [5.41, 5.74) is 3.96. The van der Waals surface area contributed by atoms with Crippen LogP contribution in [0, 0.1) is 17.8 Å². The highest BCUT2D eigenvalue weighted by molar-refractivity contribution is 7.87. The van der Waals surface area contributed by atoms with Crippen LogP contribution in [0.3, 0.4) is 0 Å². The van der Waals surface area contributed by atoms with E-state index in [0.717, 1.165) is 64.3 Å². The van der Waals surface area contributed by atoms with Gasteiger partial charge in [-0.1, -0.05) is 24.6 Å². The monoisotopic (exact) mass is 513 g/mol. The zero-order valence-electron chi connectivity index (χ0n) is 20.3. The summed E-state index contributed by atoms with van der Waals surface area (Å²) >= 11 is 0. The average Bonchev–Trinajstić information content (AvgIpc) is 3.04. The number of alkyl halides is 3. The fraction of sp³-hybridized carbons (Fsp3) is 0.769. The van der Waals surface area contributed by atoms with Gasteiger partial charge in [0.1, 0.15) is 0 Å². The molecule has 4 aliphatic rings. The topological polar surface area (TPSA) is 61.4 Å². The third-order valence-electron chi connectivity index (χ3n) is 8.87. The lowest BCUT2D eigenvalue weighted by atomic mass is 9.91. The normalized spacial score (nSPS) is 28.5. The van der Waals surface area contributed by atoms with Crippen LogP contribution in [0.4, 0.5) is 13.2 Å². The Hall–Kier alpha value is -1.16. The minimum absolute atomic E-state index is 0.0111. The number of hydrogen-bond donors (Lipinski definition) is 2. The number of fused-ring (bicyclic) bond motifs is 3. The summed E-state index contributed by atoms with van der Waals surface area (Å²) in [6, 6.07) is 6.78. The minimum Gasteiger partial charge on any atom is -0.303 e. The molecular formula is C26H38F3N3O2S. The lowest BCUT2D eigenvalue weighted by molar-refractivity contribution is -0.185. The van der Waals surface area contributed by atoms with Crippen molar-refractivity contribution >= 4 is 10.2 Å². The first-order chi connectivity index (χ1) is 16.7. The molecule has 1 saturated heterocycles. The van der Waals surface area contributed by atoms with Crippen LogP contribution in [0.1, 0.15) is 68.1 Å². The van der Waals surface area contributed by atoms with Crippen LogP contribution >= 0.6 is 0 Å². The first-order valence-corrected chi connectivity index (χ1v) is 14.8. The van der Waals surface area contributed by atoms with Gasteiger partial charge in [-0.15, -0.1) is 0 Å². The van der Waals surface area contributed by atoms with Crippen LogP contribution in [-0.2, 0) is 29.5 Å². The van der Waals surface area contributed by atoms with Crippen LogP contribution in [-0.4, -0.2) is 51.2 Å². The van der Waals surface area contributed by atoms with Gasteiger partial charge in [0.25, 0.3) is 10.2 Å². The van der Waals surface area contributed by atoms with E-state index in [9.17, 15) is 21.6 Å². The third kappa shape index (κ3) is 6.22. The lowest BCUT2D eigenvalue weighted by Gasteiger charge is -2.32. The molecule has 1 heterocycles. The van der Waals surface area contributed by atoms with Crippen molar-refractivity contribution in [3.05, 3.63) is 34.9 Å². The number of likely N-dealkylation sites (tertiary alicyclic amines) is 1. The summed E-state index contributed by atoms with van der Waals surface area (Å²) in [7, 11) is -3.48. The first-order valence-electron chi connectivity index (χ1n) is 13.4. The summed E-state index contributed by atoms with van der Waals surface area (Å²) in [5, 5.41) is 0. The Morgan fingerprint density at radius 1 is 0.914 bits per heavy atom. The van der Waals surface area contributed by atoms with E-state index in [1.165, 1.54) is 16.7 Å². The van der Waals surface area contributed by atoms with Gasteiger partial charge in [-0.05, 0) is 112 Å². The molecule has 3 aliphatic carbocycles. The van der Waals surface area contributed by atoms with Crippen molar-refractivity contribution in [1.29, 1.82) is 0 Å². The number of nitrogens with zero attached hydrogens (tertiary/aromatic N) is 1. The van der Waals surface area contributed by atoms with Gasteiger partial charge >= 0.3 is 6.18 Å². The molecule has 196 valence electrons. The molecule has 9 heteroatoms. The Bertz CT molecular complexity index is 988. The molecule has 3 unspecified atom stereocenters. The van der Waals surface area contributed by atoms with Crippen molar-refractivity contribution in [2.45, 2.75) is 88.9 Å².